The van der Waals surface area contributed by atoms with Crippen molar-refractivity contribution in [2.24, 2.45) is 0 Å². The summed E-state index contributed by atoms with van der Waals surface area (Å²) in [6.07, 6.45) is 3.67. The molecule has 1 fully saturated rings. The Kier molecular flexibility index (Phi) is 5.10. The second kappa shape index (κ2) is 7.27. The first-order chi connectivity index (χ1) is 11.6. The molecule has 4 heteroatoms. The van der Waals surface area contributed by atoms with E-state index in [0.717, 1.165) is 37.0 Å². The van der Waals surface area contributed by atoms with E-state index in [9.17, 15) is 4.79 Å². The molecule has 0 bridgehead atoms. The molecule has 0 aromatic heterocycles. The zero-order valence-corrected chi connectivity index (χ0v) is 14.6. The Hall–Kier alpha value is -2.00. The van der Waals surface area contributed by atoms with Gasteiger partial charge in [-0.3, -0.25) is 4.79 Å². The third-order valence-corrected chi connectivity index (χ3v) is 5.11. The summed E-state index contributed by atoms with van der Waals surface area (Å²) in [5, 5.41) is 3.79. The SMILES string of the molecule is COc1ccc(CCNC(=O)C2(c3cccc(Cl)c3)CCC2)cc1. The molecule has 1 N–H and O–H groups in total. The van der Waals surface area contributed by atoms with Crippen molar-refractivity contribution < 1.29 is 9.53 Å². The van der Waals surface area contributed by atoms with Crippen LogP contribution in [0.1, 0.15) is 30.4 Å². The van der Waals surface area contributed by atoms with Crippen LogP contribution in [0.2, 0.25) is 5.02 Å². The number of carbonyl (C=O) groups is 1. The van der Waals surface area contributed by atoms with Crippen LogP contribution >= 0.6 is 11.6 Å². The maximum atomic E-state index is 12.8. The van der Waals surface area contributed by atoms with E-state index in [1.165, 1.54) is 5.56 Å². The van der Waals surface area contributed by atoms with Crippen molar-refractivity contribution in [2.75, 3.05) is 13.7 Å². The van der Waals surface area contributed by atoms with Crippen molar-refractivity contribution in [3.63, 3.8) is 0 Å². The van der Waals surface area contributed by atoms with Crippen molar-refractivity contribution >= 4 is 17.5 Å². The van der Waals surface area contributed by atoms with Gasteiger partial charge in [0.2, 0.25) is 5.91 Å². The Morgan fingerprint density at radius 3 is 2.54 bits per heavy atom. The highest BCUT2D eigenvalue weighted by Crippen LogP contribution is 2.44. The summed E-state index contributed by atoms with van der Waals surface area (Å²) < 4.78 is 5.16. The number of carbonyl (C=O) groups excluding carboxylic acids is 1. The Labute approximate surface area is 148 Å². The predicted molar refractivity (Wildman–Crippen MR) is 96.7 cm³/mol. The van der Waals surface area contributed by atoms with Gasteiger partial charge in [0, 0.05) is 11.6 Å². The summed E-state index contributed by atoms with van der Waals surface area (Å²) in [5.74, 6) is 0.960. The lowest BCUT2D eigenvalue weighted by Crippen LogP contribution is -2.49. The molecule has 2 aromatic rings. The monoisotopic (exact) mass is 343 g/mol. The topological polar surface area (TPSA) is 38.3 Å². The molecule has 0 unspecified atom stereocenters. The Balaban J connectivity index is 1.61. The van der Waals surface area contributed by atoms with Gasteiger partial charge in [-0.1, -0.05) is 42.3 Å². The molecule has 0 heterocycles. The summed E-state index contributed by atoms with van der Waals surface area (Å²) >= 11 is 6.10. The second-order valence-electron chi connectivity index (χ2n) is 6.30. The first kappa shape index (κ1) is 16.8. The van der Waals surface area contributed by atoms with Gasteiger partial charge in [0.15, 0.2) is 0 Å². The summed E-state index contributed by atoms with van der Waals surface area (Å²) in [7, 11) is 1.66. The van der Waals surface area contributed by atoms with Gasteiger partial charge in [-0.05, 0) is 54.7 Å². The van der Waals surface area contributed by atoms with Gasteiger partial charge in [-0.25, -0.2) is 0 Å². The average molecular weight is 344 g/mol. The van der Waals surface area contributed by atoms with Crippen molar-refractivity contribution in [1.29, 1.82) is 0 Å². The van der Waals surface area contributed by atoms with Gasteiger partial charge in [0.1, 0.15) is 5.75 Å². The Morgan fingerprint density at radius 2 is 1.96 bits per heavy atom. The lowest BCUT2D eigenvalue weighted by molar-refractivity contribution is -0.129. The zero-order chi connectivity index (χ0) is 17.0. The maximum absolute atomic E-state index is 12.8. The highest BCUT2D eigenvalue weighted by atomic mass is 35.5. The molecule has 0 spiro atoms. The fourth-order valence-electron chi connectivity index (χ4n) is 3.25. The predicted octanol–water partition coefficient (Wildman–Crippen LogP) is 4.13. The number of nitrogens with one attached hydrogen (secondary N) is 1. The Bertz CT molecular complexity index is 708. The van der Waals surface area contributed by atoms with Gasteiger partial charge < -0.3 is 10.1 Å². The number of methoxy groups -OCH3 is 1. The van der Waals surface area contributed by atoms with Crippen molar-refractivity contribution in [2.45, 2.75) is 31.1 Å². The summed E-state index contributed by atoms with van der Waals surface area (Å²) in [6, 6.07) is 15.6. The van der Waals surface area contributed by atoms with E-state index in [4.69, 9.17) is 16.3 Å². The standard InChI is InChI=1S/C20H22ClNO2/c1-24-18-8-6-15(7-9-18)10-13-22-19(23)20(11-3-12-20)16-4-2-5-17(21)14-16/h2,4-9,14H,3,10-13H2,1H3,(H,22,23). The average Bonchev–Trinajstić information content (AvgIpc) is 2.54. The molecule has 3 nitrogen and oxygen atoms in total. The van der Waals surface area contributed by atoms with Crippen LogP contribution < -0.4 is 10.1 Å². The van der Waals surface area contributed by atoms with Gasteiger partial charge in [-0.2, -0.15) is 0 Å². The molecule has 0 radical (unpaired) electrons. The van der Waals surface area contributed by atoms with E-state index in [2.05, 4.69) is 5.32 Å². The number of rotatable bonds is 6. The molecule has 126 valence electrons. The molecule has 1 aliphatic rings. The van der Waals surface area contributed by atoms with Crippen LogP contribution in [-0.4, -0.2) is 19.6 Å². The molecule has 1 aliphatic carbocycles. The van der Waals surface area contributed by atoms with Crippen LogP contribution in [0.25, 0.3) is 0 Å². The van der Waals surface area contributed by atoms with Crippen LogP contribution in [-0.2, 0) is 16.6 Å². The van der Waals surface area contributed by atoms with Crippen molar-refractivity contribution in [3.05, 3.63) is 64.7 Å². The van der Waals surface area contributed by atoms with Crippen LogP contribution in [0.3, 0.4) is 0 Å². The van der Waals surface area contributed by atoms with Crippen LogP contribution in [0.5, 0.6) is 5.75 Å². The van der Waals surface area contributed by atoms with E-state index in [-0.39, 0.29) is 5.91 Å². The fraction of sp³-hybridized carbons (Fsp3) is 0.350. The smallest absolute Gasteiger partial charge is 0.230 e. The first-order valence-corrected chi connectivity index (χ1v) is 8.69. The molecule has 0 aliphatic heterocycles. The normalized spacial score (nSPS) is 15.4. The zero-order valence-electron chi connectivity index (χ0n) is 13.8. The van der Waals surface area contributed by atoms with Crippen molar-refractivity contribution in [3.8, 4) is 5.75 Å². The van der Waals surface area contributed by atoms with Crippen molar-refractivity contribution in [1.82, 2.24) is 5.32 Å². The minimum Gasteiger partial charge on any atom is -0.497 e. The number of hydrogen-bond acceptors (Lipinski definition) is 2. The van der Waals surface area contributed by atoms with Gasteiger partial charge in [0.25, 0.3) is 0 Å². The van der Waals surface area contributed by atoms with Gasteiger partial charge in [-0.15, -0.1) is 0 Å². The number of benzene rings is 2. The first-order valence-electron chi connectivity index (χ1n) is 8.31. The molecular weight excluding hydrogens is 322 g/mol. The summed E-state index contributed by atoms with van der Waals surface area (Å²) in [4.78, 5) is 12.8. The second-order valence-corrected chi connectivity index (χ2v) is 6.74. The molecule has 1 saturated carbocycles. The molecule has 2 aromatic carbocycles. The van der Waals surface area contributed by atoms with E-state index in [1.54, 1.807) is 7.11 Å². The number of ether oxygens (including phenoxy) is 1. The van der Waals surface area contributed by atoms with E-state index in [0.29, 0.717) is 11.6 Å². The summed E-state index contributed by atoms with van der Waals surface area (Å²) in [6.45, 7) is 0.632. The highest BCUT2D eigenvalue weighted by molar-refractivity contribution is 6.30. The fourth-order valence-corrected chi connectivity index (χ4v) is 3.44. The van der Waals surface area contributed by atoms with E-state index < -0.39 is 5.41 Å². The van der Waals surface area contributed by atoms with E-state index in [1.807, 2.05) is 48.5 Å². The lowest BCUT2D eigenvalue weighted by atomic mass is 9.64. The minimum atomic E-state index is -0.398. The van der Waals surface area contributed by atoms with Gasteiger partial charge >= 0.3 is 0 Å². The largest absolute Gasteiger partial charge is 0.497 e. The Morgan fingerprint density at radius 1 is 1.21 bits per heavy atom. The number of amides is 1. The van der Waals surface area contributed by atoms with E-state index >= 15 is 0 Å². The van der Waals surface area contributed by atoms with Crippen LogP contribution in [0.15, 0.2) is 48.5 Å². The number of hydrogen-bond donors (Lipinski definition) is 1. The quantitative estimate of drug-likeness (QED) is 0.856. The molecule has 0 atom stereocenters. The van der Waals surface area contributed by atoms with Gasteiger partial charge in [0.05, 0.1) is 12.5 Å². The molecule has 24 heavy (non-hydrogen) atoms. The maximum Gasteiger partial charge on any atom is 0.230 e. The third kappa shape index (κ3) is 3.41. The van der Waals surface area contributed by atoms with Crippen LogP contribution in [0.4, 0.5) is 0 Å². The summed E-state index contributed by atoms with van der Waals surface area (Å²) in [5.41, 5.74) is 1.81. The lowest BCUT2D eigenvalue weighted by Gasteiger charge is -2.40. The molecule has 3 rings (SSSR count). The van der Waals surface area contributed by atoms with Crippen LogP contribution in [0, 0.1) is 0 Å². The minimum absolute atomic E-state index is 0.115. The molecule has 0 saturated heterocycles. The molecule has 1 amide bonds. The third-order valence-electron chi connectivity index (χ3n) is 4.88. The number of halogens is 1. The highest BCUT2D eigenvalue weighted by Gasteiger charge is 2.45. The molecular formula is C20H22ClNO2.